The van der Waals surface area contributed by atoms with Crippen molar-refractivity contribution >= 4 is 74.4 Å². The molecular formula is C37H39N3O8S2. The fourth-order valence-electron chi connectivity index (χ4n) is 5.63. The number of anilines is 2. The number of aromatic carboxylic acids is 1. The number of nitrogens with one attached hydrogen (secondary N) is 2. The Balaban J connectivity index is 1.33. The van der Waals surface area contributed by atoms with E-state index in [2.05, 4.69) is 10.6 Å². The Morgan fingerprint density at radius 3 is 2.34 bits per heavy atom. The summed E-state index contributed by atoms with van der Waals surface area (Å²) in [5, 5.41) is 16.4. The van der Waals surface area contributed by atoms with Gasteiger partial charge in [0.05, 0.1) is 29.5 Å². The molecule has 1 aliphatic rings. The number of rotatable bonds is 10. The van der Waals surface area contributed by atoms with Crippen LogP contribution in [0.25, 0.3) is 10.8 Å². The van der Waals surface area contributed by atoms with Gasteiger partial charge >= 0.3 is 18.0 Å². The molecule has 50 heavy (non-hydrogen) atoms. The van der Waals surface area contributed by atoms with E-state index in [1.807, 2.05) is 13.0 Å². The molecule has 3 N–H and O–H groups in total. The number of thiophene rings is 1. The van der Waals surface area contributed by atoms with Crippen molar-refractivity contribution in [3.8, 4) is 0 Å². The molecule has 13 heteroatoms. The minimum Gasteiger partial charge on any atom is -0.478 e. The lowest BCUT2D eigenvalue weighted by atomic mass is 9.98. The van der Waals surface area contributed by atoms with Crippen LogP contribution in [-0.2, 0) is 27.2 Å². The van der Waals surface area contributed by atoms with Gasteiger partial charge < -0.3 is 30.1 Å². The van der Waals surface area contributed by atoms with E-state index in [-0.39, 0.29) is 30.2 Å². The van der Waals surface area contributed by atoms with Crippen molar-refractivity contribution in [2.45, 2.75) is 69.8 Å². The second-order valence-corrected chi connectivity index (χ2v) is 15.0. The first kappa shape index (κ1) is 36.4. The van der Waals surface area contributed by atoms with Gasteiger partial charge in [0.15, 0.2) is 0 Å². The van der Waals surface area contributed by atoms with Gasteiger partial charge in [0.2, 0.25) is 5.91 Å². The quantitative estimate of drug-likeness (QED) is 0.110. The molecule has 0 saturated heterocycles. The van der Waals surface area contributed by atoms with Gasteiger partial charge in [0.1, 0.15) is 10.6 Å². The summed E-state index contributed by atoms with van der Waals surface area (Å²) >= 11 is 2.56. The average molecular weight is 718 g/mol. The molecule has 0 aliphatic carbocycles. The van der Waals surface area contributed by atoms with Gasteiger partial charge in [-0.2, -0.15) is 0 Å². The molecule has 0 radical (unpaired) electrons. The minimum absolute atomic E-state index is 0.0347. The molecule has 1 atom stereocenters. The number of carbonyl (C=O) groups excluding carboxylic acids is 4. The van der Waals surface area contributed by atoms with Gasteiger partial charge in [0, 0.05) is 33.0 Å². The number of carboxylic acids is 1. The Kier molecular flexibility index (Phi) is 11.2. The first-order valence-corrected chi connectivity index (χ1v) is 17.9. The van der Waals surface area contributed by atoms with Crippen molar-refractivity contribution < 1.29 is 38.6 Å². The Labute approximate surface area is 298 Å². The maximum Gasteiger partial charge on any atom is 0.410 e. The molecule has 1 unspecified atom stereocenters. The highest BCUT2D eigenvalue weighted by atomic mass is 32.2. The van der Waals surface area contributed by atoms with E-state index in [0.717, 1.165) is 15.3 Å². The van der Waals surface area contributed by atoms with E-state index < -0.39 is 34.8 Å². The summed E-state index contributed by atoms with van der Waals surface area (Å²) in [6, 6.07) is 17.0. The van der Waals surface area contributed by atoms with Crippen molar-refractivity contribution in [2.75, 3.05) is 23.8 Å². The van der Waals surface area contributed by atoms with Crippen LogP contribution in [0.3, 0.4) is 0 Å². The molecule has 0 bridgehead atoms. The lowest BCUT2D eigenvalue weighted by Crippen LogP contribution is -2.39. The molecular weight excluding hydrogens is 679 g/mol. The Hall–Kier alpha value is -4.88. The maximum atomic E-state index is 13.7. The third kappa shape index (κ3) is 8.28. The van der Waals surface area contributed by atoms with Crippen LogP contribution < -0.4 is 10.6 Å². The molecule has 0 fully saturated rings. The van der Waals surface area contributed by atoms with Crippen LogP contribution in [0.5, 0.6) is 0 Å². The van der Waals surface area contributed by atoms with Crippen LogP contribution in [0.1, 0.15) is 82.6 Å². The molecule has 0 spiro atoms. The zero-order valence-electron chi connectivity index (χ0n) is 28.5. The molecule has 3 amide bonds. The summed E-state index contributed by atoms with van der Waals surface area (Å²) in [4.78, 5) is 68.0. The van der Waals surface area contributed by atoms with Crippen molar-refractivity contribution in [3.63, 3.8) is 0 Å². The first-order valence-electron chi connectivity index (χ1n) is 16.2. The fourth-order valence-corrected chi connectivity index (χ4v) is 7.89. The van der Waals surface area contributed by atoms with Gasteiger partial charge in [-0.1, -0.05) is 37.3 Å². The van der Waals surface area contributed by atoms with E-state index in [4.69, 9.17) is 9.47 Å². The zero-order valence-corrected chi connectivity index (χ0v) is 30.1. The van der Waals surface area contributed by atoms with Crippen molar-refractivity contribution in [2.24, 2.45) is 0 Å². The van der Waals surface area contributed by atoms with Gasteiger partial charge in [-0.15, -0.1) is 23.1 Å². The van der Waals surface area contributed by atoms with Crippen LogP contribution in [0, 0.1) is 0 Å². The van der Waals surface area contributed by atoms with E-state index in [9.17, 15) is 29.1 Å². The van der Waals surface area contributed by atoms with E-state index >= 15 is 0 Å². The molecule has 1 aliphatic heterocycles. The second kappa shape index (κ2) is 15.3. The zero-order chi connectivity index (χ0) is 36.2. The van der Waals surface area contributed by atoms with Crippen LogP contribution in [0.4, 0.5) is 15.5 Å². The third-order valence-corrected chi connectivity index (χ3v) is 10.3. The Morgan fingerprint density at radius 2 is 1.68 bits per heavy atom. The summed E-state index contributed by atoms with van der Waals surface area (Å²) in [6.45, 7) is 9.79. The highest BCUT2D eigenvalue weighted by Crippen LogP contribution is 2.39. The summed E-state index contributed by atoms with van der Waals surface area (Å²) in [5.41, 5.74) is 1.16. The third-order valence-electron chi connectivity index (χ3n) is 7.84. The minimum atomic E-state index is -1.13. The van der Waals surface area contributed by atoms with Crippen molar-refractivity contribution in [1.82, 2.24) is 4.90 Å². The molecule has 11 nitrogen and oxygen atoms in total. The van der Waals surface area contributed by atoms with Crippen molar-refractivity contribution in [1.29, 1.82) is 0 Å². The number of thioether (sulfide) groups is 1. The number of carboxylic acid groups (broad SMARTS) is 1. The van der Waals surface area contributed by atoms with E-state index in [0.29, 0.717) is 46.4 Å². The molecule has 1 aromatic heterocycles. The number of nitrogens with zero attached hydrogens (tertiary/aromatic N) is 1. The average Bonchev–Trinajstić information content (AvgIpc) is 3.43. The molecule has 0 saturated carbocycles. The lowest BCUT2D eigenvalue weighted by Gasteiger charge is -2.30. The first-order chi connectivity index (χ1) is 23.8. The predicted octanol–water partition coefficient (Wildman–Crippen LogP) is 7.83. The number of amides is 3. The fraction of sp³-hybridized carbons (Fsp3) is 0.324. The number of esters is 1. The number of benzene rings is 3. The SMILES string of the molecule is CCOC(=O)c1c(NC(=O)C(CC)Sc2cccc(NC(=O)c3cccc4cccc(C(=O)O)c34)c2)sc2c1CCN(C(=O)OC(C)(C)C)C2. The van der Waals surface area contributed by atoms with Crippen LogP contribution in [-0.4, -0.2) is 63.9 Å². The molecule has 262 valence electrons. The normalized spacial score (nSPS) is 13.3. The number of fused-ring (bicyclic) bond motifs is 2. The lowest BCUT2D eigenvalue weighted by molar-refractivity contribution is -0.115. The molecule has 2 heterocycles. The maximum absolute atomic E-state index is 13.7. The van der Waals surface area contributed by atoms with Crippen molar-refractivity contribution in [3.05, 3.63) is 87.8 Å². The van der Waals surface area contributed by atoms with Gasteiger partial charge in [0.25, 0.3) is 5.91 Å². The Bertz CT molecular complexity index is 1960. The van der Waals surface area contributed by atoms with Gasteiger partial charge in [-0.05, 0) is 81.8 Å². The number of ether oxygens (including phenoxy) is 2. The van der Waals surface area contributed by atoms with E-state index in [1.165, 1.54) is 29.2 Å². The summed E-state index contributed by atoms with van der Waals surface area (Å²) < 4.78 is 10.9. The summed E-state index contributed by atoms with van der Waals surface area (Å²) in [5.74, 6) is -2.43. The van der Waals surface area contributed by atoms with Crippen LogP contribution in [0.15, 0.2) is 65.6 Å². The molecule has 4 aromatic rings. The predicted molar refractivity (Wildman–Crippen MR) is 194 cm³/mol. The molecule has 5 rings (SSSR count). The number of hydrogen-bond donors (Lipinski definition) is 3. The summed E-state index contributed by atoms with van der Waals surface area (Å²) in [6.07, 6.45) is 0.436. The van der Waals surface area contributed by atoms with Gasteiger partial charge in [-0.3, -0.25) is 9.59 Å². The number of carbonyl (C=O) groups is 5. The summed E-state index contributed by atoms with van der Waals surface area (Å²) in [7, 11) is 0. The van der Waals surface area contributed by atoms with Crippen LogP contribution in [0.2, 0.25) is 0 Å². The van der Waals surface area contributed by atoms with Crippen LogP contribution >= 0.6 is 23.1 Å². The van der Waals surface area contributed by atoms with Gasteiger partial charge in [-0.25, -0.2) is 14.4 Å². The highest BCUT2D eigenvalue weighted by molar-refractivity contribution is 8.00. The number of hydrogen-bond acceptors (Lipinski definition) is 9. The Morgan fingerprint density at radius 1 is 0.980 bits per heavy atom. The second-order valence-electron chi connectivity index (χ2n) is 12.6. The topological polar surface area (TPSA) is 151 Å². The van der Waals surface area contributed by atoms with E-state index in [1.54, 1.807) is 81.1 Å². The monoisotopic (exact) mass is 717 g/mol. The smallest absolute Gasteiger partial charge is 0.410 e. The highest BCUT2D eigenvalue weighted by Gasteiger charge is 2.33. The standard InChI is InChI=1S/C37H39N3O8S2/c1-6-27(32(42)39-33-30(35(45)47-7-2)24-17-18-40(20-28(24)50-33)36(46)48-37(3,4)5)49-23-14-10-13-22(19-23)38-31(41)25-15-8-11-21-12-9-16-26(29(21)25)34(43)44/h8-16,19,27H,6-7,17-18,20H2,1-5H3,(H,38,41)(H,39,42)(H,43,44). The largest absolute Gasteiger partial charge is 0.478 e. The molecule has 3 aromatic carbocycles.